The van der Waals surface area contributed by atoms with Crippen molar-refractivity contribution in [2.24, 2.45) is 0 Å². The van der Waals surface area contributed by atoms with Gasteiger partial charge in [0, 0.05) is 0 Å². The van der Waals surface area contributed by atoms with Crippen molar-refractivity contribution < 1.29 is 47.6 Å². The van der Waals surface area contributed by atoms with Crippen LogP contribution in [-0.2, 0) is 28.5 Å². The second-order valence-electron chi connectivity index (χ2n) is 13.9. The van der Waals surface area contributed by atoms with Gasteiger partial charge >= 0.3 is 23.9 Å². The maximum atomic E-state index is 13.2. The number of hydrogen-bond acceptors (Lipinski definition) is 12. The summed E-state index contributed by atoms with van der Waals surface area (Å²) >= 11 is 0. The summed E-state index contributed by atoms with van der Waals surface area (Å²) in [6.45, 7) is -0.127. The van der Waals surface area contributed by atoms with E-state index in [1.165, 1.54) is 12.2 Å². The van der Waals surface area contributed by atoms with E-state index in [9.17, 15) is 29.7 Å². The van der Waals surface area contributed by atoms with Crippen LogP contribution in [0.3, 0.4) is 0 Å². The van der Waals surface area contributed by atoms with Crippen molar-refractivity contribution in [3.8, 4) is 23.6 Å². The van der Waals surface area contributed by atoms with E-state index in [0.717, 1.165) is 21.5 Å². The molecule has 6 aromatic rings. The SMILES string of the molecule is N#C/C(=C\c1ccc2cc(OC(=O)c3ccccc3)ccc2c1)C(=O)O[C@H]1CO[C@H]2[C@@H]1OC[C@H]2OC(=O)/C(C#N)=C/c1ccc2cc(OC(=O)c3ccccc3)ccc2c1. The van der Waals surface area contributed by atoms with Crippen LogP contribution >= 0.6 is 0 Å². The highest BCUT2D eigenvalue weighted by Gasteiger charge is 2.51. The third-order valence-electron chi connectivity index (χ3n) is 9.89. The summed E-state index contributed by atoms with van der Waals surface area (Å²) in [4.78, 5) is 51.3. The van der Waals surface area contributed by atoms with Gasteiger partial charge in [-0.1, -0.05) is 72.8 Å². The zero-order valence-corrected chi connectivity index (χ0v) is 31.6. The average Bonchev–Trinajstić information content (AvgIpc) is 3.87. The predicted octanol–water partition coefficient (Wildman–Crippen LogP) is 7.57. The standard InChI is InChI=1S/C48H32N2O10/c49-25-37(21-29-11-13-35-23-39(17-15-33(35)19-29)57-45(51)31-7-3-1-4-8-31)47(53)59-41-27-55-44-42(28-56-43(41)44)60-48(54)38(26-50)22-30-12-14-36-24-40(18-16-34(36)20-30)58-46(52)32-9-5-2-6-10-32/h1-24,41-44H,27-28H2/b37-21+,38-22+/t41-,42+,43-,44-/m1/s1. The molecule has 2 aliphatic heterocycles. The number of hydrogen-bond donors (Lipinski definition) is 0. The summed E-state index contributed by atoms with van der Waals surface area (Å²) in [5.41, 5.74) is 1.48. The highest BCUT2D eigenvalue weighted by atomic mass is 16.7. The molecule has 0 N–H and O–H groups in total. The van der Waals surface area contributed by atoms with E-state index >= 15 is 0 Å². The third-order valence-corrected chi connectivity index (χ3v) is 9.89. The van der Waals surface area contributed by atoms with Gasteiger partial charge in [-0.25, -0.2) is 19.2 Å². The first-order chi connectivity index (χ1) is 29.2. The zero-order valence-electron chi connectivity index (χ0n) is 31.6. The molecule has 294 valence electrons. The lowest BCUT2D eigenvalue weighted by Gasteiger charge is -2.17. The quantitative estimate of drug-likeness (QED) is 0.0577. The van der Waals surface area contributed by atoms with E-state index < -0.39 is 48.3 Å². The summed E-state index contributed by atoms with van der Waals surface area (Å²) in [7, 11) is 0. The van der Waals surface area contributed by atoms with Gasteiger partial charge in [0.1, 0.15) is 47.0 Å². The topological polar surface area (TPSA) is 171 Å². The van der Waals surface area contributed by atoms with Gasteiger partial charge in [-0.15, -0.1) is 0 Å². The van der Waals surface area contributed by atoms with E-state index in [4.69, 9.17) is 28.4 Å². The van der Waals surface area contributed by atoms with E-state index in [0.29, 0.717) is 33.8 Å². The second-order valence-corrected chi connectivity index (χ2v) is 13.9. The fourth-order valence-corrected chi connectivity index (χ4v) is 6.91. The lowest BCUT2D eigenvalue weighted by atomic mass is 10.0. The Hall–Kier alpha value is -7.90. The van der Waals surface area contributed by atoms with E-state index in [-0.39, 0.29) is 24.4 Å². The molecule has 0 saturated carbocycles. The molecule has 0 aliphatic carbocycles. The van der Waals surface area contributed by atoms with Crippen molar-refractivity contribution >= 4 is 57.6 Å². The van der Waals surface area contributed by atoms with Crippen LogP contribution in [-0.4, -0.2) is 61.5 Å². The molecular formula is C48H32N2O10. The maximum absolute atomic E-state index is 13.2. The van der Waals surface area contributed by atoms with Gasteiger partial charge in [0.25, 0.3) is 0 Å². The summed E-state index contributed by atoms with van der Waals surface area (Å²) in [5, 5.41) is 22.8. The van der Waals surface area contributed by atoms with Gasteiger partial charge in [-0.2, -0.15) is 10.5 Å². The van der Waals surface area contributed by atoms with Gasteiger partial charge in [0.05, 0.1) is 24.3 Å². The zero-order chi connectivity index (χ0) is 41.6. The first kappa shape index (κ1) is 38.9. The Labute approximate surface area is 343 Å². The molecular weight excluding hydrogens is 765 g/mol. The monoisotopic (exact) mass is 796 g/mol. The molecule has 0 bridgehead atoms. The van der Waals surface area contributed by atoms with Crippen molar-refractivity contribution in [2.45, 2.75) is 24.4 Å². The molecule has 2 aliphatic rings. The normalized spacial score (nSPS) is 18.5. The molecule has 0 unspecified atom stereocenters. The number of nitriles is 2. The van der Waals surface area contributed by atoms with E-state index in [1.807, 2.05) is 24.3 Å². The minimum absolute atomic E-state index is 0.0633. The maximum Gasteiger partial charge on any atom is 0.349 e. The number of fused-ring (bicyclic) bond motifs is 3. The smallest absolute Gasteiger partial charge is 0.349 e. The number of carbonyl (C=O) groups is 4. The van der Waals surface area contributed by atoms with Gasteiger partial charge in [0.15, 0.2) is 12.2 Å². The van der Waals surface area contributed by atoms with Gasteiger partial charge in [0.2, 0.25) is 0 Å². The molecule has 8 rings (SSSR count). The second kappa shape index (κ2) is 17.3. The fourth-order valence-electron chi connectivity index (χ4n) is 6.91. The van der Waals surface area contributed by atoms with Crippen LogP contribution in [0.15, 0.2) is 145 Å². The lowest BCUT2D eigenvalue weighted by Crippen LogP contribution is -2.36. The van der Waals surface area contributed by atoms with Crippen molar-refractivity contribution in [3.63, 3.8) is 0 Å². The van der Waals surface area contributed by atoms with E-state index in [1.54, 1.807) is 121 Å². The first-order valence-corrected chi connectivity index (χ1v) is 18.8. The minimum atomic E-state index is -0.887. The number of ether oxygens (including phenoxy) is 6. The van der Waals surface area contributed by atoms with Crippen molar-refractivity contribution in [3.05, 3.63) is 167 Å². The molecule has 12 nitrogen and oxygen atoms in total. The molecule has 0 spiro atoms. The van der Waals surface area contributed by atoms with Crippen LogP contribution in [0.25, 0.3) is 33.7 Å². The van der Waals surface area contributed by atoms with Crippen molar-refractivity contribution in [1.82, 2.24) is 0 Å². The Morgan fingerprint density at radius 1 is 0.517 bits per heavy atom. The predicted molar refractivity (Wildman–Crippen MR) is 217 cm³/mol. The molecule has 2 fully saturated rings. The molecule has 4 atom stereocenters. The van der Waals surface area contributed by atoms with Crippen molar-refractivity contribution in [2.75, 3.05) is 13.2 Å². The Morgan fingerprint density at radius 2 is 0.900 bits per heavy atom. The largest absolute Gasteiger partial charge is 0.453 e. The molecule has 0 aromatic heterocycles. The van der Waals surface area contributed by atoms with E-state index in [2.05, 4.69) is 0 Å². The summed E-state index contributed by atoms with van der Waals surface area (Å²) in [6.07, 6.45) is -0.505. The number of carbonyl (C=O) groups excluding carboxylic acids is 4. The summed E-state index contributed by atoms with van der Waals surface area (Å²) < 4.78 is 34.0. The van der Waals surface area contributed by atoms with Gasteiger partial charge in [-0.3, -0.25) is 0 Å². The van der Waals surface area contributed by atoms with Crippen LogP contribution in [0, 0.1) is 22.7 Å². The Bertz CT molecular complexity index is 2610. The fraction of sp³-hybridized carbons (Fsp3) is 0.125. The first-order valence-electron chi connectivity index (χ1n) is 18.8. The Kier molecular flexibility index (Phi) is 11.2. The Balaban J connectivity index is 0.867. The van der Waals surface area contributed by atoms with Crippen LogP contribution in [0.5, 0.6) is 11.5 Å². The lowest BCUT2D eigenvalue weighted by molar-refractivity contribution is -0.150. The molecule has 2 saturated heterocycles. The number of benzene rings is 6. The summed E-state index contributed by atoms with van der Waals surface area (Å²) in [5.74, 6) is -1.98. The number of nitrogens with zero attached hydrogens (tertiary/aromatic N) is 2. The highest BCUT2D eigenvalue weighted by Crippen LogP contribution is 2.32. The molecule has 6 aromatic carbocycles. The van der Waals surface area contributed by atoms with Crippen molar-refractivity contribution in [1.29, 1.82) is 10.5 Å². The van der Waals surface area contributed by atoms with Crippen LogP contribution in [0.1, 0.15) is 31.8 Å². The van der Waals surface area contributed by atoms with Crippen LogP contribution in [0.2, 0.25) is 0 Å². The van der Waals surface area contributed by atoms with Gasteiger partial charge in [-0.05, 0) is 105 Å². The summed E-state index contributed by atoms with van der Waals surface area (Å²) in [6, 6.07) is 42.0. The number of rotatable bonds is 10. The molecule has 60 heavy (non-hydrogen) atoms. The molecule has 0 amide bonds. The van der Waals surface area contributed by atoms with Crippen LogP contribution in [0.4, 0.5) is 0 Å². The average molecular weight is 797 g/mol. The molecule has 12 heteroatoms. The Morgan fingerprint density at radius 3 is 1.30 bits per heavy atom. The highest BCUT2D eigenvalue weighted by molar-refractivity contribution is 6.00. The number of esters is 4. The third kappa shape index (κ3) is 8.66. The molecule has 2 heterocycles. The van der Waals surface area contributed by atoms with Gasteiger partial charge < -0.3 is 28.4 Å². The minimum Gasteiger partial charge on any atom is -0.453 e. The molecule has 0 radical (unpaired) electrons. The van der Waals surface area contributed by atoms with Crippen LogP contribution < -0.4 is 9.47 Å².